The van der Waals surface area contributed by atoms with Gasteiger partial charge in [0.2, 0.25) is 23.6 Å². The van der Waals surface area contributed by atoms with Gasteiger partial charge in [-0.1, -0.05) is 0 Å². The highest BCUT2D eigenvalue weighted by atomic mass is 16.4. The molecule has 0 saturated carbocycles. The summed E-state index contributed by atoms with van der Waals surface area (Å²) in [4.78, 5) is 67.8. The number of likely N-dealkylation sites (N-methyl/N-ethyl adjacent to an activating group) is 1. The number of amides is 4. The van der Waals surface area contributed by atoms with Gasteiger partial charge in [-0.2, -0.15) is 0 Å². The molecular weight excluding hydrogens is 364 g/mol. The van der Waals surface area contributed by atoms with E-state index in [1.807, 2.05) is 0 Å². The second-order valence-electron chi connectivity index (χ2n) is 5.23. The summed E-state index contributed by atoms with van der Waals surface area (Å²) < 4.78 is 0. The molecule has 0 spiro atoms. The molecule has 8 N–H and O–H groups in total. The van der Waals surface area contributed by atoms with Gasteiger partial charge in [-0.15, -0.1) is 0 Å². The maximum atomic E-state index is 11.9. The highest BCUT2D eigenvalue weighted by molar-refractivity contribution is 5.94. The maximum Gasteiger partial charge on any atom is 0.322 e. The third-order valence-corrected chi connectivity index (χ3v) is 3.07. The van der Waals surface area contributed by atoms with Crippen molar-refractivity contribution in [1.82, 2.24) is 26.6 Å². The van der Waals surface area contributed by atoms with Crippen LogP contribution in [0.15, 0.2) is 0 Å². The lowest BCUT2D eigenvalue weighted by Gasteiger charge is -2.15. The van der Waals surface area contributed by atoms with Crippen LogP contribution in [0.3, 0.4) is 0 Å². The molecule has 0 aromatic rings. The van der Waals surface area contributed by atoms with E-state index >= 15 is 0 Å². The number of nitrogens with two attached hydrogens (primary N) is 1. The molecule has 0 bridgehead atoms. The van der Waals surface area contributed by atoms with Gasteiger partial charge in [-0.05, 0) is 7.05 Å². The van der Waals surface area contributed by atoms with Crippen LogP contribution in [-0.2, 0) is 28.8 Å². The first-order valence-corrected chi connectivity index (χ1v) is 7.88. The normalized spacial score (nSPS) is 11.0. The van der Waals surface area contributed by atoms with E-state index in [1.54, 1.807) is 0 Å². The zero-order chi connectivity index (χ0) is 20.8. The van der Waals surface area contributed by atoms with Gasteiger partial charge in [-0.3, -0.25) is 28.8 Å². The highest BCUT2D eigenvalue weighted by Gasteiger charge is 2.21. The van der Waals surface area contributed by atoms with Gasteiger partial charge < -0.3 is 37.4 Å². The summed E-state index contributed by atoms with van der Waals surface area (Å²) in [5, 5.41) is 19.9. The molecule has 27 heavy (non-hydrogen) atoms. The van der Waals surface area contributed by atoms with Gasteiger partial charge in [0.05, 0.1) is 32.2 Å². The summed E-state index contributed by atoms with van der Waals surface area (Å²) in [6.07, 6.45) is -0.255. The summed E-state index contributed by atoms with van der Waals surface area (Å²) in [5.41, 5.74) is 5.06. The molecule has 0 saturated heterocycles. The molecule has 0 aromatic heterocycles. The third-order valence-electron chi connectivity index (χ3n) is 3.07. The van der Waals surface area contributed by atoms with Crippen molar-refractivity contribution in [1.29, 1.82) is 0 Å². The van der Waals surface area contributed by atoms with Crippen molar-refractivity contribution in [3.05, 3.63) is 0 Å². The number of Topliss-reactive ketones (excluding diaryl/α,β-unsaturated/α-hetero) is 1. The van der Waals surface area contributed by atoms with Crippen molar-refractivity contribution in [3.63, 3.8) is 0 Å². The van der Waals surface area contributed by atoms with Crippen molar-refractivity contribution in [3.8, 4) is 0 Å². The number of hydrogen-bond donors (Lipinski definition) is 7. The second kappa shape index (κ2) is 13.2. The van der Waals surface area contributed by atoms with Gasteiger partial charge in [0.1, 0.15) is 6.54 Å². The molecule has 13 nitrogen and oxygen atoms in total. The number of carboxylic acid groups (broad SMARTS) is 1. The first-order chi connectivity index (χ1) is 12.7. The van der Waals surface area contributed by atoms with E-state index in [9.17, 15) is 28.8 Å². The van der Waals surface area contributed by atoms with Crippen molar-refractivity contribution in [2.24, 2.45) is 5.73 Å². The largest absolute Gasteiger partial charge is 0.480 e. The van der Waals surface area contributed by atoms with E-state index in [-0.39, 0.29) is 26.1 Å². The van der Waals surface area contributed by atoms with Gasteiger partial charge >= 0.3 is 5.97 Å². The molecular formula is C14H24N6O7. The van der Waals surface area contributed by atoms with Gasteiger partial charge in [0.25, 0.3) is 0 Å². The quantitative estimate of drug-likeness (QED) is 0.161. The number of carboxylic acids is 1. The summed E-state index contributed by atoms with van der Waals surface area (Å²) in [7, 11) is 1.43. The molecule has 0 aliphatic carbocycles. The number of rotatable bonds is 13. The first kappa shape index (κ1) is 23.9. The van der Waals surface area contributed by atoms with Crippen molar-refractivity contribution < 1.29 is 33.9 Å². The number of hydrogen-bond acceptors (Lipinski definition) is 8. The molecule has 0 aliphatic heterocycles. The topological polar surface area (TPSA) is 209 Å². The minimum Gasteiger partial charge on any atom is -0.480 e. The van der Waals surface area contributed by atoms with E-state index < -0.39 is 54.5 Å². The number of carbonyl (C=O) groups excluding carboxylic acids is 5. The number of aliphatic carboxylic acids is 1. The van der Waals surface area contributed by atoms with Crippen LogP contribution < -0.4 is 32.3 Å². The van der Waals surface area contributed by atoms with Crippen LogP contribution in [0.4, 0.5) is 0 Å². The smallest absolute Gasteiger partial charge is 0.322 e. The Hall–Kier alpha value is -3.06. The van der Waals surface area contributed by atoms with E-state index in [0.717, 1.165) is 0 Å². The van der Waals surface area contributed by atoms with Gasteiger partial charge in [0.15, 0.2) is 5.78 Å². The fourth-order valence-electron chi connectivity index (χ4n) is 1.66. The van der Waals surface area contributed by atoms with E-state index in [2.05, 4.69) is 26.6 Å². The predicted molar refractivity (Wildman–Crippen MR) is 91.2 cm³/mol. The first-order valence-electron chi connectivity index (χ1n) is 7.88. The molecule has 1 atom stereocenters. The Labute approximate surface area is 154 Å². The van der Waals surface area contributed by atoms with E-state index in [4.69, 9.17) is 10.8 Å². The molecule has 13 heteroatoms. The van der Waals surface area contributed by atoms with Crippen molar-refractivity contribution >= 4 is 35.4 Å². The monoisotopic (exact) mass is 388 g/mol. The summed E-state index contributed by atoms with van der Waals surface area (Å²) >= 11 is 0. The number of ketones is 1. The highest BCUT2D eigenvalue weighted by Crippen LogP contribution is 1.93. The molecule has 0 heterocycles. The van der Waals surface area contributed by atoms with Crippen LogP contribution in [0.2, 0.25) is 0 Å². The summed E-state index contributed by atoms with van der Waals surface area (Å²) in [5.74, 6) is -4.13. The molecule has 0 aliphatic rings. The zero-order valence-corrected chi connectivity index (χ0v) is 14.8. The maximum absolute atomic E-state index is 11.9. The number of nitrogens with one attached hydrogen (secondary N) is 5. The van der Waals surface area contributed by atoms with Crippen LogP contribution in [-0.4, -0.2) is 86.3 Å². The Kier molecular flexibility index (Phi) is 11.7. The van der Waals surface area contributed by atoms with Crippen LogP contribution in [0.5, 0.6) is 0 Å². The van der Waals surface area contributed by atoms with Crippen molar-refractivity contribution in [2.75, 3.05) is 39.8 Å². The molecule has 0 rings (SSSR count). The third kappa shape index (κ3) is 12.0. The van der Waals surface area contributed by atoms with Crippen molar-refractivity contribution in [2.45, 2.75) is 12.5 Å². The Morgan fingerprint density at radius 2 is 1.33 bits per heavy atom. The summed E-state index contributed by atoms with van der Waals surface area (Å²) in [6, 6.07) is -0.946. The fourth-order valence-corrected chi connectivity index (χ4v) is 1.66. The van der Waals surface area contributed by atoms with Crippen LogP contribution >= 0.6 is 0 Å². The fraction of sp³-hybridized carbons (Fsp3) is 0.571. The van der Waals surface area contributed by atoms with Crippen LogP contribution in [0.25, 0.3) is 0 Å². The molecule has 0 radical (unpaired) electrons. The lowest BCUT2D eigenvalue weighted by atomic mass is 10.1. The lowest BCUT2D eigenvalue weighted by Crippen LogP contribution is -2.48. The predicted octanol–water partition coefficient (Wildman–Crippen LogP) is -4.96. The van der Waals surface area contributed by atoms with E-state index in [1.165, 1.54) is 7.05 Å². The SMILES string of the molecule is CNC(CC(=O)CNC(=O)CNC(=O)CN)C(=O)NCC(=O)NCC(=O)O. The van der Waals surface area contributed by atoms with Gasteiger partial charge in [-0.25, -0.2) is 0 Å². The van der Waals surface area contributed by atoms with Gasteiger partial charge in [0, 0.05) is 6.42 Å². The average molecular weight is 388 g/mol. The molecule has 0 fully saturated rings. The van der Waals surface area contributed by atoms with Crippen LogP contribution in [0.1, 0.15) is 6.42 Å². The Morgan fingerprint density at radius 3 is 1.85 bits per heavy atom. The lowest BCUT2D eigenvalue weighted by molar-refractivity contribution is -0.138. The molecule has 152 valence electrons. The molecule has 4 amide bonds. The standard InChI is InChI=1S/C14H24N6O7/c1-16-9(14(27)20-6-12(24)19-7-13(25)26)2-8(21)4-17-11(23)5-18-10(22)3-15/h9,16H,2-7,15H2,1H3,(H,17,23)(H,18,22)(H,19,24)(H,20,27)(H,25,26). The Balaban J connectivity index is 4.21. The minimum atomic E-state index is -1.22. The average Bonchev–Trinajstić information content (AvgIpc) is 2.64. The molecule has 0 aromatic carbocycles. The second-order valence-corrected chi connectivity index (χ2v) is 5.23. The summed E-state index contributed by atoms with van der Waals surface area (Å²) in [6.45, 7) is -1.96. The minimum absolute atomic E-state index is 0.255. The molecule has 1 unspecified atom stereocenters. The zero-order valence-electron chi connectivity index (χ0n) is 14.8. The Bertz CT molecular complexity index is 580. The van der Waals surface area contributed by atoms with Crippen LogP contribution in [0, 0.1) is 0 Å². The Morgan fingerprint density at radius 1 is 0.815 bits per heavy atom. The van der Waals surface area contributed by atoms with E-state index in [0.29, 0.717) is 0 Å². The number of carbonyl (C=O) groups is 6.